The number of hydrogen-bond acceptors (Lipinski definition) is 5. The maximum Gasteiger partial charge on any atom is 0.417 e. The van der Waals surface area contributed by atoms with Crippen LogP contribution in [-0.4, -0.2) is 79.9 Å². The van der Waals surface area contributed by atoms with Gasteiger partial charge in [-0.2, -0.15) is 18.4 Å². The van der Waals surface area contributed by atoms with E-state index in [9.17, 15) is 18.0 Å². The van der Waals surface area contributed by atoms with Crippen LogP contribution in [-0.2, 0) is 6.18 Å². The first-order valence-electron chi connectivity index (χ1n) is 14.1. The van der Waals surface area contributed by atoms with Crippen molar-refractivity contribution < 1.29 is 23.1 Å². The summed E-state index contributed by atoms with van der Waals surface area (Å²) >= 11 is 0. The van der Waals surface area contributed by atoms with E-state index in [0.717, 1.165) is 64.5 Å². The van der Waals surface area contributed by atoms with Crippen LogP contribution in [0, 0.1) is 17.2 Å². The van der Waals surface area contributed by atoms with Gasteiger partial charge in [0.2, 0.25) is 0 Å². The van der Waals surface area contributed by atoms with E-state index in [2.05, 4.69) is 34.1 Å². The van der Waals surface area contributed by atoms with Gasteiger partial charge in [0.1, 0.15) is 0 Å². The van der Waals surface area contributed by atoms with Crippen LogP contribution in [0.4, 0.5) is 29.3 Å². The standard InChI is InChI=1S/C30H36F3N5O2/c31-30(32,33)28-19-27(6-3-25(28)20-34)36-13-9-24(10-14-36)23-1-4-26(5-2-23)37-17-15-35(16-18-37)21-22-7-11-38(12-8-22)29(39)40/h1-6,19,22,24H,7-18,21H2,(H,39,40). The molecule has 0 aliphatic carbocycles. The molecule has 0 spiro atoms. The van der Waals surface area contributed by atoms with Crippen molar-refractivity contribution >= 4 is 17.5 Å². The van der Waals surface area contributed by atoms with E-state index in [0.29, 0.717) is 43.7 Å². The SMILES string of the molecule is N#Cc1ccc(N2CCC(c3ccc(N4CCN(CC5CCN(C(=O)O)CC5)CC4)cc3)CC2)cc1C(F)(F)F. The molecule has 1 amide bonds. The molecular weight excluding hydrogens is 519 g/mol. The number of nitrogens with zero attached hydrogens (tertiary/aromatic N) is 5. The van der Waals surface area contributed by atoms with E-state index >= 15 is 0 Å². The number of piperidine rings is 2. The first kappa shape index (κ1) is 28.1. The molecule has 2 aromatic rings. The minimum Gasteiger partial charge on any atom is -0.465 e. The molecule has 3 saturated heterocycles. The Bertz CT molecular complexity index is 1210. The molecule has 0 saturated carbocycles. The molecule has 7 nitrogen and oxygen atoms in total. The zero-order chi connectivity index (χ0) is 28.3. The van der Waals surface area contributed by atoms with Gasteiger partial charge in [-0.1, -0.05) is 12.1 Å². The molecule has 0 radical (unpaired) electrons. The molecule has 10 heteroatoms. The summed E-state index contributed by atoms with van der Waals surface area (Å²) in [5, 5.41) is 18.2. The Hall–Kier alpha value is -3.45. The van der Waals surface area contributed by atoms with Crippen LogP contribution in [0.25, 0.3) is 0 Å². The lowest BCUT2D eigenvalue weighted by Gasteiger charge is -2.39. The Kier molecular flexibility index (Phi) is 8.40. The summed E-state index contributed by atoms with van der Waals surface area (Å²) in [4.78, 5) is 19.5. The van der Waals surface area contributed by atoms with Crippen molar-refractivity contribution in [2.24, 2.45) is 5.92 Å². The third-order valence-electron chi connectivity index (χ3n) is 8.79. The highest BCUT2D eigenvalue weighted by Gasteiger charge is 2.34. The molecule has 2 aromatic carbocycles. The fraction of sp³-hybridized carbons (Fsp3) is 0.533. The van der Waals surface area contributed by atoms with Crippen LogP contribution in [0.15, 0.2) is 42.5 Å². The van der Waals surface area contributed by atoms with E-state index < -0.39 is 17.8 Å². The predicted octanol–water partition coefficient (Wildman–Crippen LogP) is 5.47. The molecule has 214 valence electrons. The number of nitriles is 1. The lowest BCUT2D eigenvalue weighted by Crippen LogP contribution is -2.49. The number of benzene rings is 2. The number of anilines is 2. The lowest BCUT2D eigenvalue weighted by atomic mass is 9.89. The van der Waals surface area contributed by atoms with E-state index in [-0.39, 0.29) is 5.56 Å². The fourth-order valence-electron chi connectivity index (χ4n) is 6.35. The van der Waals surface area contributed by atoms with Gasteiger partial charge in [0, 0.05) is 70.3 Å². The average molecular weight is 556 g/mol. The van der Waals surface area contributed by atoms with Gasteiger partial charge < -0.3 is 19.8 Å². The predicted molar refractivity (Wildman–Crippen MR) is 148 cm³/mol. The number of hydrogen-bond donors (Lipinski definition) is 1. The second kappa shape index (κ2) is 12.0. The summed E-state index contributed by atoms with van der Waals surface area (Å²) in [5.74, 6) is 0.937. The number of amides is 1. The fourth-order valence-corrected chi connectivity index (χ4v) is 6.35. The minimum atomic E-state index is -4.55. The highest BCUT2D eigenvalue weighted by Crippen LogP contribution is 2.37. The third kappa shape index (κ3) is 6.47. The van der Waals surface area contributed by atoms with E-state index in [1.165, 1.54) is 22.2 Å². The molecular formula is C30H36F3N5O2. The normalized spacial score (nSPS) is 20.0. The van der Waals surface area contributed by atoms with Crippen LogP contribution in [0.1, 0.15) is 48.3 Å². The molecule has 40 heavy (non-hydrogen) atoms. The van der Waals surface area contributed by atoms with E-state index in [1.807, 2.05) is 4.90 Å². The summed E-state index contributed by atoms with van der Waals surface area (Å²) in [6.07, 6.45) is -1.75. The van der Waals surface area contributed by atoms with Crippen molar-refractivity contribution in [3.63, 3.8) is 0 Å². The van der Waals surface area contributed by atoms with Gasteiger partial charge in [0.05, 0.1) is 17.2 Å². The van der Waals surface area contributed by atoms with Crippen molar-refractivity contribution in [2.75, 3.05) is 68.7 Å². The van der Waals surface area contributed by atoms with Crippen LogP contribution in [0.2, 0.25) is 0 Å². The summed E-state index contributed by atoms with van der Waals surface area (Å²) in [6.45, 7) is 7.61. The Morgan fingerprint density at radius 3 is 2.02 bits per heavy atom. The van der Waals surface area contributed by atoms with Gasteiger partial charge in [0.25, 0.3) is 0 Å². The summed E-state index contributed by atoms with van der Waals surface area (Å²) in [7, 11) is 0. The number of piperazine rings is 1. The highest BCUT2D eigenvalue weighted by molar-refractivity contribution is 5.65. The van der Waals surface area contributed by atoms with Crippen LogP contribution in [0.3, 0.4) is 0 Å². The van der Waals surface area contributed by atoms with Crippen molar-refractivity contribution in [2.45, 2.75) is 37.8 Å². The van der Waals surface area contributed by atoms with Crippen LogP contribution < -0.4 is 9.80 Å². The van der Waals surface area contributed by atoms with Gasteiger partial charge in [-0.15, -0.1) is 0 Å². The molecule has 5 rings (SSSR count). The van der Waals surface area contributed by atoms with Gasteiger partial charge in [-0.3, -0.25) is 4.90 Å². The maximum atomic E-state index is 13.4. The molecule has 0 bridgehead atoms. The maximum absolute atomic E-state index is 13.4. The topological polar surface area (TPSA) is 74.1 Å². The van der Waals surface area contributed by atoms with Gasteiger partial charge in [0.15, 0.2) is 0 Å². The zero-order valence-electron chi connectivity index (χ0n) is 22.6. The zero-order valence-corrected chi connectivity index (χ0v) is 22.6. The first-order chi connectivity index (χ1) is 19.2. The molecule has 3 aliphatic rings. The molecule has 3 aliphatic heterocycles. The Balaban J connectivity index is 1.09. The number of carbonyl (C=O) groups is 1. The second-order valence-corrected chi connectivity index (χ2v) is 11.2. The van der Waals surface area contributed by atoms with Crippen molar-refractivity contribution in [1.29, 1.82) is 5.26 Å². The lowest BCUT2D eigenvalue weighted by molar-refractivity contribution is -0.137. The van der Waals surface area contributed by atoms with Crippen molar-refractivity contribution in [3.8, 4) is 6.07 Å². The summed E-state index contributed by atoms with van der Waals surface area (Å²) < 4.78 is 40.2. The molecule has 3 heterocycles. The molecule has 3 fully saturated rings. The van der Waals surface area contributed by atoms with Crippen molar-refractivity contribution in [1.82, 2.24) is 9.80 Å². The molecule has 0 atom stereocenters. The Labute approximate surface area is 233 Å². The summed E-state index contributed by atoms with van der Waals surface area (Å²) in [5.41, 5.74) is 1.79. The minimum absolute atomic E-state index is 0.342. The van der Waals surface area contributed by atoms with Gasteiger partial charge in [-0.05, 0) is 73.4 Å². The summed E-state index contributed by atoms with van der Waals surface area (Å²) in [6, 6.07) is 14.4. The average Bonchev–Trinajstić information content (AvgIpc) is 2.97. The number of halogens is 3. The van der Waals surface area contributed by atoms with Crippen LogP contribution in [0.5, 0.6) is 0 Å². The third-order valence-corrected chi connectivity index (χ3v) is 8.79. The second-order valence-electron chi connectivity index (χ2n) is 11.2. The number of carboxylic acid groups (broad SMARTS) is 1. The Morgan fingerprint density at radius 2 is 1.45 bits per heavy atom. The highest BCUT2D eigenvalue weighted by atomic mass is 19.4. The van der Waals surface area contributed by atoms with E-state index in [4.69, 9.17) is 10.4 Å². The molecule has 0 aromatic heterocycles. The van der Waals surface area contributed by atoms with Crippen LogP contribution >= 0.6 is 0 Å². The number of alkyl halides is 3. The first-order valence-corrected chi connectivity index (χ1v) is 14.1. The van der Waals surface area contributed by atoms with E-state index in [1.54, 1.807) is 12.1 Å². The number of likely N-dealkylation sites (tertiary alicyclic amines) is 1. The smallest absolute Gasteiger partial charge is 0.417 e. The monoisotopic (exact) mass is 555 g/mol. The van der Waals surface area contributed by atoms with Crippen molar-refractivity contribution in [3.05, 3.63) is 59.2 Å². The Morgan fingerprint density at radius 1 is 0.850 bits per heavy atom. The molecule has 1 N–H and O–H groups in total. The quantitative estimate of drug-likeness (QED) is 0.527. The number of rotatable bonds is 5. The molecule has 0 unspecified atom stereocenters. The van der Waals surface area contributed by atoms with Gasteiger partial charge in [-0.25, -0.2) is 4.79 Å². The van der Waals surface area contributed by atoms with Gasteiger partial charge >= 0.3 is 12.3 Å². The largest absolute Gasteiger partial charge is 0.465 e.